The molecule has 2 aliphatic rings. The Balaban J connectivity index is 1.89. The molecule has 0 radical (unpaired) electrons. The standard InChI is InChI=1S/C15H18N2O3S2/c1-2-14(18)16-15-17(8-11-6-4-3-5-7-11)12-9-22(19,20)10-13(12)21-15/h3-7,12-13H,2,8-10H2,1H3/t12-,13-/m1/s1. The van der Waals surface area contributed by atoms with E-state index >= 15 is 0 Å². The molecule has 2 fully saturated rings. The van der Waals surface area contributed by atoms with E-state index in [1.54, 1.807) is 6.92 Å². The van der Waals surface area contributed by atoms with E-state index < -0.39 is 9.84 Å². The van der Waals surface area contributed by atoms with Crippen LogP contribution in [0.5, 0.6) is 0 Å². The molecule has 1 aromatic rings. The molecular weight excluding hydrogens is 320 g/mol. The molecule has 1 aromatic carbocycles. The third kappa shape index (κ3) is 3.20. The summed E-state index contributed by atoms with van der Waals surface area (Å²) in [7, 11) is -2.99. The number of carbonyl (C=O) groups excluding carboxylic acids is 1. The maximum atomic E-state index is 11.9. The van der Waals surface area contributed by atoms with Crippen molar-refractivity contribution in [3.05, 3.63) is 35.9 Å². The molecule has 5 nitrogen and oxygen atoms in total. The van der Waals surface area contributed by atoms with Crippen molar-refractivity contribution in [3.63, 3.8) is 0 Å². The Morgan fingerprint density at radius 1 is 1.32 bits per heavy atom. The van der Waals surface area contributed by atoms with Gasteiger partial charge in [-0.25, -0.2) is 8.42 Å². The molecule has 2 heterocycles. The van der Waals surface area contributed by atoms with Gasteiger partial charge in [-0.2, -0.15) is 4.99 Å². The first-order chi connectivity index (χ1) is 10.5. The Hall–Kier alpha value is -1.34. The summed E-state index contributed by atoms with van der Waals surface area (Å²) in [5, 5.41) is 0.651. The highest BCUT2D eigenvalue weighted by atomic mass is 32.2. The molecule has 7 heteroatoms. The number of amidine groups is 1. The molecule has 0 N–H and O–H groups in total. The summed E-state index contributed by atoms with van der Waals surface area (Å²) in [5.41, 5.74) is 1.09. The Labute approximate surface area is 134 Å². The van der Waals surface area contributed by atoms with Crippen LogP contribution in [-0.4, -0.2) is 47.2 Å². The first-order valence-corrected chi connectivity index (χ1v) is 9.98. The minimum atomic E-state index is -2.99. The molecule has 118 valence electrons. The minimum Gasteiger partial charge on any atom is -0.342 e. The normalized spacial score (nSPS) is 28.0. The Kier molecular flexibility index (Phi) is 4.27. The zero-order valence-corrected chi connectivity index (χ0v) is 13.9. The summed E-state index contributed by atoms with van der Waals surface area (Å²) in [6.45, 7) is 2.36. The predicted octanol–water partition coefficient (Wildman–Crippen LogP) is 1.69. The Morgan fingerprint density at radius 2 is 2.05 bits per heavy atom. The van der Waals surface area contributed by atoms with Crippen LogP contribution < -0.4 is 0 Å². The highest BCUT2D eigenvalue weighted by Crippen LogP contribution is 2.39. The number of hydrogen-bond acceptors (Lipinski definition) is 4. The van der Waals surface area contributed by atoms with E-state index in [2.05, 4.69) is 4.99 Å². The van der Waals surface area contributed by atoms with E-state index in [9.17, 15) is 13.2 Å². The van der Waals surface area contributed by atoms with Crippen LogP contribution >= 0.6 is 11.8 Å². The number of benzene rings is 1. The summed E-state index contributed by atoms with van der Waals surface area (Å²) < 4.78 is 23.8. The number of fused-ring (bicyclic) bond motifs is 1. The van der Waals surface area contributed by atoms with Gasteiger partial charge in [0, 0.05) is 18.2 Å². The molecule has 0 aromatic heterocycles. The van der Waals surface area contributed by atoms with E-state index in [4.69, 9.17) is 0 Å². The number of nitrogens with zero attached hydrogens (tertiary/aromatic N) is 2. The number of hydrogen-bond donors (Lipinski definition) is 0. The van der Waals surface area contributed by atoms with Crippen LogP contribution in [0.2, 0.25) is 0 Å². The predicted molar refractivity (Wildman–Crippen MR) is 88.5 cm³/mol. The van der Waals surface area contributed by atoms with Gasteiger partial charge >= 0.3 is 0 Å². The summed E-state index contributed by atoms with van der Waals surface area (Å²) in [6, 6.07) is 9.77. The van der Waals surface area contributed by atoms with Crippen molar-refractivity contribution in [1.82, 2.24) is 4.90 Å². The lowest BCUT2D eigenvalue weighted by Crippen LogP contribution is -2.37. The molecule has 3 rings (SSSR count). The van der Waals surface area contributed by atoms with Gasteiger partial charge in [-0.3, -0.25) is 4.79 Å². The van der Waals surface area contributed by atoms with Gasteiger partial charge in [-0.15, -0.1) is 0 Å². The first-order valence-electron chi connectivity index (χ1n) is 7.27. The average Bonchev–Trinajstić information content (AvgIpc) is 2.93. The summed E-state index contributed by atoms with van der Waals surface area (Å²) >= 11 is 1.43. The molecule has 0 aliphatic carbocycles. The lowest BCUT2D eigenvalue weighted by Gasteiger charge is -2.24. The van der Waals surface area contributed by atoms with Crippen LogP contribution in [0.1, 0.15) is 18.9 Å². The number of amides is 1. The molecule has 0 saturated carbocycles. The monoisotopic (exact) mass is 338 g/mol. The maximum Gasteiger partial charge on any atom is 0.247 e. The molecule has 0 bridgehead atoms. The van der Waals surface area contributed by atoms with Crippen LogP contribution in [0.4, 0.5) is 0 Å². The lowest BCUT2D eigenvalue weighted by molar-refractivity contribution is -0.117. The second-order valence-corrected chi connectivity index (χ2v) is 8.92. The molecule has 0 spiro atoms. The van der Waals surface area contributed by atoms with Crippen LogP contribution in [-0.2, 0) is 21.2 Å². The number of thioether (sulfide) groups is 1. The van der Waals surface area contributed by atoms with Crippen LogP contribution in [0.15, 0.2) is 35.3 Å². The summed E-state index contributed by atoms with van der Waals surface area (Å²) in [4.78, 5) is 17.8. The largest absolute Gasteiger partial charge is 0.342 e. The first kappa shape index (κ1) is 15.6. The quantitative estimate of drug-likeness (QED) is 0.839. The van der Waals surface area contributed by atoms with Gasteiger partial charge in [0.1, 0.15) is 0 Å². The number of carbonyl (C=O) groups is 1. The van der Waals surface area contributed by atoms with Gasteiger partial charge in [0.25, 0.3) is 0 Å². The second-order valence-electron chi connectivity index (χ2n) is 5.56. The van der Waals surface area contributed by atoms with Gasteiger partial charge < -0.3 is 4.90 Å². The zero-order chi connectivity index (χ0) is 15.7. The van der Waals surface area contributed by atoms with Gasteiger partial charge in [0.05, 0.1) is 17.5 Å². The van der Waals surface area contributed by atoms with Crippen molar-refractivity contribution in [2.45, 2.75) is 31.2 Å². The topological polar surface area (TPSA) is 66.8 Å². The van der Waals surface area contributed by atoms with Crippen molar-refractivity contribution in [2.24, 2.45) is 4.99 Å². The number of sulfone groups is 1. The van der Waals surface area contributed by atoms with Gasteiger partial charge in [0.15, 0.2) is 15.0 Å². The fourth-order valence-electron chi connectivity index (χ4n) is 2.79. The summed E-state index contributed by atoms with van der Waals surface area (Å²) in [6.07, 6.45) is 0.358. The lowest BCUT2D eigenvalue weighted by atomic mass is 10.1. The second kappa shape index (κ2) is 6.04. The molecule has 0 unspecified atom stereocenters. The van der Waals surface area contributed by atoms with Crippen molar-refractivity contribution < 1.29 is 13.2 Å². The maximum absolute atomic E-state index is 11.9. The van der Waals surface area contributed by atoms with E-state index in [0.29, 0.717) is 18.1 Å². The third-order valence-electron chi connectivity index (χ3n) is 3.89. The molecule has 2 aliphatic heterocycles. The van der Waals surface area contributed by atoms with Crippen LogP contribution in [0.25, 0.3) is 0 Å². The molecular formula is C15H18N2O3S2. The van der Waals surface area contributed by atoms with E-state index in [-0.39, 0.29) is 28.7 Å². The number of aliphatic imine (C=N–C) groups is 1. The molecule has 2 saturated heterocycles. The summed E-state index contributed by atoms with van der Waals surface area (Å²) in [5.74, 6) is 0.160. The van der Waals surface area contributed by atoms with E-state index in [1.807, 2.05) is 35.2 Å². The minimum absolute atomic E-state index is 0.0166. The van der Waals surface area contributed by atoms with Crippen molar-refractivity contribution >= 4 is 32.7 Å². The fraction of sp³-hybridized carbons (Fsp3) is 0.467. The Morgan fingerprint density at radius 3 is 2.73 bits per heavy atom. The van der Waals surface area contributed by atoms with Gasteiger partial charge in [-0.05, 0) is 5.56 Å². The highest BCUT2D eigenvalue weighted by Gasteiger charge is 2.48. The van der Waals surface area contributed by atoms with Crippen molar-refractivity contribution in [3.8, 4) is 0 Å². The molecule has 22 heavy (non-hydrogen) atoms. The van der Waals surface area contributed by atoms with E-state index in [1.165, 1.54) is 11.8 Å². The number of rotatable bonds is 3. The molecule has 2 atom stereocenters. The van der Waals surface area contributed by atoms with Crippen molar-refractivity contribution in [1.29, 1.82) is 0 Å². The Bertz CT molecular complexity index is 701. The highest BCUT2D eigenvalue weighted by molar-refractivity contribution is 8.15. The van der Waals surface area contributed by atoms with Crippen LogP contribution in [0, 0.1) is 0 Å². The van der Waals surface area contributed by atoms with E-state index in [0.717, 1.165) is 5.56 Å². The fourth-order valence-corrected chi connectivity index (χ4v) is 6.75. The molecule has 1 amide bonds. The van der Waals surface area contributed by atoms with Gasteiger partial charge in [-0.1, -0.05) is 49.0 Å². The van der Waals surface area contributed by atoms with Crippen LogP contribution in [0.3, 0.4) is 0 Å². The third-order valence-corrected chi connectivity index (χ3v) is 7.14. The van der Waals surface area contributed by atoms with Gasteiger partial charge in [0.2, 0.25) is 5.91 Å². The SMILES string of the molecule is CCC(=O)N=C1S[C@@H]2CS(=O)(=O)C[C@H]2N1Cc1ccccc1. The smallest absolute Gasteiger partial charge is 0.247 e. The van der Waals surface area contributed by atoms with Crippen molar-refractivity contribution in [2.75, 3.05) is 11.5 Å². The zero-order valence-electron chi connectivity index (χ0n) is 12.3. The average molecular weight is 338 g/mol.